The third-order valence-corrected chi connectivity index (χ3v) is 3.77. The molecule has 1 N–H and O–H groups in total. The average Bonchev–Trinajstić information content (AvgIpc) is 2.98. The number of amides is 2. The second kappa shape index (κ2) is 6.58. The maximum absolute atomic E-state index is 12.2. The van der Waals surface area contributed by atoms with E-state index in [1.807, 2.05) is 32.9 Å². The summed E-state index contributed by atoms with van der Waals surface area (Å²) in [6, 6.07) is 7.31. The Bertz CT molecular complexity index is 742. The van der Waals surface area contributed by atoms with Crippen molar-refractivity contribution >= 4 is 17.7 Å². The van der Waals surface area contributed by atoms with E-state index in [0.29, 0.717) is 24.5 Å². The fourth-order valence-corrected chi connectivity index (χ4v) is 2.44. The van der Waals surface area contributed by atoms with Gasteiger partial charge in [0.1, 0.15) is 5.60 Å². The lowest BCUT2D eigenvalue weighted by Gasteiger charge is -2.38. The van der Waals surface area contributed by atoms with E-state index >= 15 is 0 Å². The van der Waals surface area contributed by atoms with E-state index < -0.39 is 5.60 Å². The molecule has 1 aromatic heterocycles. The number of ether oxygens (including phenoxy) is 1. The minimum Gasteiger partial charge on any atom is -0.444 e. The fourth-order valence-electron chi connectivity index (χ4n) is 2.44. The molecule has 3 rings (SSSR count). The summed E-state index contributed by atoms with van der Waals surface area (Å²) in [5.41, 5.74) is 1.05. The normalized spacial score (nSPS) is 14.8. The van der Waals surface area contributed by atoms with Crippen LogP contribution in [0.4, 0.5) is 10.5 Å². The van der Waals surface area contributed by atoms with Crippen LogP contribution in [0.1, 0.15) is 20.8 Å². The summed E-state index contributed by atoms with van der Waals surface area (Å²) in [5.74, 6) is 0.346. The SMILES string of the molecule is CC(C)(C)OC(=O)N1CC(C(=O)Nc2ccc(-c3cnco3)cc2)C1. The largest absolute Gasteiger partial charge is 0.444 e. The van der Waals surface area contributed by atoms with Gasteiger partial charge in [0.2, 0.25) is 5.91 Å². The van der Waals surface area contributed by atoms with Crippen molar-refractivity contribution in [2.24, 2.45) is 5.92 Å². The smallest absolute Gasteiger partial charge is 0.410 e. The number of rotatable bonds is 3. The van der Waals surface area contributed by atoms with Gasteiger partial charge in [0.15, 0.2) is 12.2 Å². The Labute approximate surface area is 146 Å². The zero-order chi connectivity index (χ0) is 18.0. The van der Waals surface area contributed by atoms with Crippen molar-refractivity contribution in [3.8, 4) is 11.3 Å². The molecule has 7 nitrogen and oxygen atoms in total. The van der Waals surface area contributed by atoms with Crippen LogP contribution < -0.4 is 5.32 Å². The molecule has 1 aliphatic rings. The Balaban J connectivity index is 1.50. The molecule has 0 spiro atoms. The van der Waals surface area contributed by atoms with Gasteiger partial charge in [-0.15, -0.1) is 0 Å². The van der Waals surface area contributed by atoms with E-state index in [2.05, 4.69) is 10.3 Å². The predicted octanol–water partition coefficient (Wildman–Crippen LogP) is 3.15. The van der Waals surface area contributed by atoms with Crippen molar-refractivity contribution in [3.05, 3.63) is 36.9 Å². The maximum Gasteiger partial charge on any atom is 0.410 e. The van der Waals surface area contributed by atoms with Crippen molar-refractivity contribution in [2.45, 2.75) is 26.4 Å². The molecule has 1 saturated heterocycles. The molecule has 25 heavy (non-hydrogen) atoms. The molecule has 2 heterocycles. The van der Waals surface area contributed by atoms with Crippen LogP contribution in [0.15, 0.2) is 41.3 Å². The third kappa shape index (κ3) is 4.17. The molecule has 0 unspecified atom stereocenters. The topological polar surface area (TPSA) is 84.7 Å². The lowest BCUT2D eigenvalue weighted by atomic mass is 9.99. The molecule has 1 aliphatic heterocycles. The number of aromatic nitrogens is 1. The minimum absolute atomic E-state index is 0.104. The van der Waals surface area contributed by atoms with Crippen LogP contribution >= 0.6 is 0 Å². The monoisotopic (exact) mass is 343 g/mol. The number of anilines is 1. The highest BCUT2D eigenvalue weighted by atomic mass is 16.6. The molecule has 0 atom stereocenters. The van der Waals surface area contributed by atoms with Gasteiger partial charge in [-0.1, -0.05) is 0 Å². The van der Waals surface area contributed by atoms with Crippen molar-refractivity contribution in [3.63, 3.8) is 0 Å². The highest BCUT2D eigenvalue weighted by Gasteiger charge is 2.37. The molecule has 2 amide bonds. The molecule has 132 valence electrons. The van der Waals surface area contributed by atoms with Gasteiger partial charge >= 0.3 is 6.09 Å². The molecule has 1 fully saturated rings. The van der Waals surface area contributed by atoms with Gasteiger partial charge in [0.25, 0.3) is 0 Å². The van der Waals surface area contributed by atoms with Gasteiger partial charge in [0, 0.05) is 24.3 Å². The van der Waals surface area contributed by atoms with Gasteiger partial charge in [-0.2, -0.15) is 0 Å². The first-order valence-electron chi connectivity index (χ1n) is 8.09. The first-order valence-corrected chi connectivity index (χ1v) is 8.09. The van der Waals surface area contributed by atoms with Crippen LogP contribution in [0.5, 0.6) is 0 Å². The third-order valence-electron chi connectivity index (χ3n) is 3.77. The van der Waals surface area contributed by atoms with Crippen LogP contribution in [-0.2, 0) is 9.53 Å². The number of nitrogens with zero attached hydrogens (tertiary/aromatic N) is 2. The minimum atomic E-state index is -0.532. The number of carbonyl (C=O) groups is 2. The van der Waals surface area contributed by atoms with Crippen LogP contribution in [0.25, 0.3) is 11.3 Å². The Kier molecular flexibility index (Phi) is 4.48. The molecule has 0 bridgehead atoms. The molecular formula is C18H21N3O4. The number of likely N-dealkylation sites (tertiary alicyclic amines) is 1. The quantitative estimate of drug-likeness (QED) is 0.925. The number of nitrogens with one attached hydrogen (secondary N) is 1. The molecule has 0 radical (unpaired) electrons. The lowest BCUT2D eigenvalue weighted by Crippen LogP contribution is -2.55. The zero-order valence-corrected chi connectivity index (χ0v) is 14.5. The van der Waals surface area contributed by atoms with E-state index in [1.54, 1.807) is 18.3 Å². The number of oxazole rings is 1. The van der Waals surface area contributed by atoms with Gasteiger partial charge < -0.3 is 19.4 Å². The van der Waals surface area contributed by atoms with Crippen molar-refractivity contribution < 1.29 is 18.7 Å². The summed E-state index contributed by atoms with van der Waals surface area (Å²) in [5, 5.41) is 2.86. The Morgan fingerprint density at radius 2 is 1.92 bits per heavy atom. The summed E-state index contributed by atoms with van der Waals surface area (Å²) >= 11 is 0. The molecule has 7 heteroatoms. The molecule has 0 aliphatic carbocycles. The van der Waals surface area contributed by atoms with E-state index in [-0.39, 0.29) is 17.9 Å². The summed E-state index contributed by atoms with van der Waals surface area (Å²) in [6.45, 7) is 6.19. The number of hydrogen-bond donors (Lipinski definition) is 1. The standard InChI is InChI=1S/C18H21N3O4/c1-18(2,3)25-17(23)21-9-13(10-21)16(22)20-14-6-4-12(5-7-14)15-8-19-11-24-15/h4-8,11,13H,9-10H2,1-3H3,(H,20,22). The first-order chi connectivity index (χ1) is 11.8. The number of benzene rings is 1. The van der Waals surface area contributed by atoms with Crippen molar-refractivity contribution in [2.75, 3.05) is 18.4 Å². The predicted molar refractivity (Wildman–Crippen MR) is 91.9 cm³/mol. The highest BCUT2D eigenvalue weighted by molar-refractivity contribution is 5.94. The van der Waals surface area contributed by atoms with Crippen LogP contribution in [0, 0.1) is 5.92 Å². The highest BCUT2D eigenvalue weighted by Crippen LogP contribution is 2.23. The van der Waals surface area contributed by atoms with Gasteiger partial charge in [-0.3, -0.25) is 4.79 Å². The van der Waals surface area contributed by atoms with Gasteiger partial charge in [-0.05, 0) is 45.0 Å². The second-order valence-electron chi connectivity index (χ2n) is 7.01. The number of hydrogen-bond acceptors (Lipinski definition) is 5. The van der Waals surface area contributed by atoms with E-state index in [0.717, 1.165) is 5.56 Å². The van der Waals surface area contributed by atoms with Gasteiger partial charge in [-0.25, -0.2) is 9.78 Å². The summed E-state index contributed by atoms with van der Waals surface area (Å²) in [4.78, 5) is 29.5. The Hall–Kier alpha value is -2.83. The molecule has 0 saturated carbocycles. The number of carbonyl (C=O) groups excluding carboxylic acids is 2. The first kappa shape index (κ1) is 17.0. The van der Waals surface area contributed by atoms with E-state index in [1.165, 1.54) is 11.3 Å². The molecule has 1 aromatic carbocycles. The van der Waals surface area contributed by atoms with E-state index in [4.69, 9.17) is 9.15 Å². The molecular weight excluding hydrogens is 322 g/mol. The zero-order valence-electron chi connectivity index (χ0n) is 14.5. The Morgan fingerprint density at radius 3 is 2.48 bits per heavy atom. The fraction of sp³-hybridized carbons (Fsp3) is 0.389. The van der Waals surface area contributed by atoms with Crippen LogP contribution in [0.2, 0.25) is 0 Å². The molecule has 2 aromatic rings. The van der Waals surface area contributed by atoms with Crippen molar-refractivity contribution in [1.29, 1.82) is 0 Å². The lowest BCUT2D eigenvalue weighted by molar-refractivity contribution is -0.124. The average molecular weight is 343 g/mol. The van der Waals surface area contributed by atoms with Crippen molar-refractivity contribution in [1.82, 2.24) is 9.88 Å². The van der Waals surface area contributed by atoms with Crippen LogP contribution in [0.3, 0.4) is 0 Å². The summed E-state index contributed by atoms with van der Waals surface area (Å²) < 4.78 is 10.5. The van der Waals surface area contributed by atoms with Crippen LogP contribution in [-0.4, -0.2) is 40.6 Å². The van der Waals surface area contributed by atoms with E-state index in [9.17, 15) is 9.59 Å². The van der Waals surface area contributed by atoms with Gasteiger partial charge in [0.05, 0.1) is 12.1 Å². The second-order valence-corrected chi connectivity index (χ2v) is 7.01. The Morgan fingerprint density at radius 1 is 1.24 bits per heavy atom. The summed E-state index contributed by atoms with van der Waals surface area (Å²) in [6.07, 6.45) is 2.62. The summed E-state index contributed by atoms with van der Waals surface area (Å²) in [7, 11) is 0. The maximum atomic E-state index is 12.2.